The van der Waals surface area contributed by atoms with E-state index in [4.69, 9.17) is 5.73 Å². The minimum absolute atomic E-state index is 0.0813. The number of pyridine rings is 1. The summed E-state index contributed by atoms with van der Waals surface area (Å²) in [4.78, 5) is 15.9. The van der Waals surface area contributed by atoms with Crippen LogP contribution in [0.5, 0.6) is 0 Å². The van der Waals surface area contributed by atoms with Crippen molar-refractivity contribution in [2.45, 2.75) is 13.3 Å². The Labute approximate surface area is 106 Å². The maximum Gasteiger partial charge on any atom is 0.228 e. The first kappa shape index (κ1) is 12.1. The van der Waals surface area contributed by atoms with E-state index in [1.807, 2.05) is 25.1 Å². The minimum atomic E-state index is -0.0813. The van der Waals surface area contributed by atoms with Crippen LogP contribution in [0.25, 0.3) is 0 Å². The molecule has 92 valence electrons. The van der Waals surface area contributed by atoms with Gasteiger partial charge in [-0.25, -0.2) is 0 Å². The highest BCUT2D eigenvalue weighted by Crippen LogP contribution is 2.14. The summed E-state index contributed by atoms with van der Waals surface area (Å²) in [7, 11) is 0. The molecule has 4 heteroatoms. The largest absolute Gasteiger partial charge is 0.398 e. The van der Waals surface area contributed by atoms with E-state index < -0.39 is 0 Å². The number of carbonyl (C=O) groups is 1. The summed E-state index contributed by atoms with van der Waals surface area (Å²) in [5, 5.41) is 2.85. The van der Waals surface area contributed by atoms with Gasteiger partial charge in [0.25, 0.3) is 0 Å². The number of para-hydroxylation sites is 1. The SMILES string of the molecule is Cc1cnccc1NC(=O)Cc1ccccc1N. The molecule has 0 saturated carbocycles. The minimum Gasteiger partial charge on any atom is -0.398 e. The zero-order chi connectivity index (χ0) is 13.0. The Morgan fingerprint density at radius 3 is 2.83 bits per heavy atom. The molecule has 4 nitrogen and oxygen atoms in total. The number of carbonyl (C=O) groups excluding carboxylic acids is 1. The molecule has 1 aromatic heterocycles. The number of hydrogen-bond acceptors (Lipinski definition) is 3. The molecule has 0 aliphatic rings. The molecule has 2 rings (SSSR count). The van der Waals surface area contributed by atoms with Crippen molar-refractivity contribution in [1.82, 2.24) is 4.98 Å². The zero-order valence-electron chi connectivity index (χ0n) is 10.2. The molecule has 0 bridgehead atoms. The van der Waals surface area contributed by atoms with Crippen molar-refractivity contribution in [3.8, 4) is 0 Å². The predicted molar refractivity (Wildman–Crippen MR) is 72.2 cm³/mol. The summed E-state index contributed by atoms with van der Waals surface area (Å²) >= 11 is 0. The molecular formula is C14H15N3O. The smallest absolute Gasteiger partial charge is 0.228 e. The van der Waals surface area contributed by atoms with E-state index in [-0.39, 0.29) is 12.3 Å². The van der Waals surface area contributed by atoms with Gasteiger partial charge in [0.15, 0.2) is 0 Å². The predicted octanol–water partition coefficient (Wildman–Crippen LogP) is 2.15. The lowest BCUT2D eigenvalue weighted by atomic mass is 10.1. The van der Waals surface area contributed by atoms with E-state index in [1.165, 1.54) is 0 Å². The molecule has 1 aromatic carbocycles. The standard InChI is InChI=1S/C14H15N3O/c1-10-9-16-7-6-13(10)17-14(18)8-11-4-2-3-5-12(11)15/h2-7,9H,8,15H2,1H3,(H,16,17,18). The van der Waals surface area contributed by atoms with Gasteiger partial charge in [-0.15, -0.1) is 0 Å². The number of aryl methyl sites for hydroxylation is 1. The molecule has 0 radical (unpaired) electrons. The fraction of sp³-hybridized carbons (Fsp3) is 0.143. The van der Waals surface area contributed by atoms with Crippen LogP contribution < -0.4 is 11.1 Å². The third kappa shape index (κ3) is 2.85. The Bertz CT molecular complexity index is 517. The van der Waals surface area contributed by atoms with Gasteiger partial charge in [-0.2, -0.15) is 0 Å². The lowest BCUT2D eigenvalue weighted by molar-refractivity contribution is -0.115. The van der Waals surface area contributed by atoms with Crippen molar-refractivity contribution in [3.63, 3.8) is 0 Å². The molecule has 1 heterocycles. The van der Waals surface area contributed by atoms with Gasteiger partial charge in [-0.1, -0.05) is 18.2 Å². The number of amides is 1. The number of aromatic nitrogens is 1. The van der Waals surface area contributed by atoms with Crippen LogP contribution in [0.4, 0.5) is 11.4 Å². The molecule has 0 fully saturated rings. The number of benzene rings is 1. The van der Waals surface area contributed by atoms with E-state index in [1.54, 1.807) is 24.5 Å². The number of nitrogens with one attached hydrogen (secondary N) is 1. The van der Waals surface area contributed by atoms with Crippen molar-refractivity contribution in [1.29, 1.82) is 0 Å². The Balaban J connectivity index is 2.06. The first-order valence-electron chi connectivity index (χ1n) is 5.70. The molecule has 0 spiro atoms. The van der Waals surface area contributed by atoms with E-state index >= 15 is 0 Å². The van der Waals surface area contributed by atoms with Crippen LogP contribution in [-0.2, 0) is 11.2 Å². The normalized spacial score (nSPS) is 10.1. The third-order valence-electron chi connectivity index (χ3n) is 2.70. The third-order valence-corrected chi connectivity index (χ3v) is 2.70. The average molecular weight is 241 g/mol. The molecular weight excluding hydrogens is 226 g/mol. The van der Waals surface area contributed by atoms with Crippen LogP contribution in [0.2, 0.25) is 0 Å². The van der Waals surface area contributed by atoms with Crippen LogP contribution in [0.15, 0.2) is 42.7 Å². The van der Waals surface area contributed by atoms with Crippen molar-refractivity contribution >= 4 is 17.3 Å². The van der Waals surface area contributed by atoms with Crippen molar-refractivity contribution < 1.29 is 4.79 Å². The summed E-state index contributed by atoms with van der Waals surface area (Å²) in [6.07, 6.45) is 3.64. The average Bonchev–Trinajstić information content (AvgIpc) is 2.35. The van der Waals surface area contributed by atoms with Gasteiger partial charge in [0, 0.05) is 23.8 Å². The first-order valence-corrected chi connectivity index (χ1v) is 5.70. The van der Waals surface area contributed by atoms with E-state index in [0.29, 0.717) is 5.69 Å². The number of nitrogen functional groups attached to an aromatic ring is 1. The lowest BCUT2D eigenvalue weighted by Gasteiger charge is -2.08. The van der Waals surface area contributed by atoms with Gasteiger partial charge in [-0.3, -0.25) is 9.78 Å². The molecule has 18 heavy (non-hydrogen) atoms. The number of anilines is 2. The highest BCUT2D eigenvalue weighted by molar-refractivity contribution is 5.93. The van der Waals surface area contributed by atoms with Crippen molar-refractivity contribution in [3.05, 3.63) is 53.9 Å². The number of nitrogens with zero attached hydrogens (tertiary/aromatic N) is 1. The molecule has 2 aromatic rings. The second-order valence-electron chi connectivity index (χ2n) is 4.11. The highest BCUT2D eigenvalue weighted by Gasteiger charge is 2.07. The molecule has 0 unspecified atom stereocenters. The summed E-state index contributed by atoms with van der Waals surface area (Å²) < 4.78 is 0. The summed E-state index contributed by atoms with van der Waals surface area (Å²) in [5.74, 6) is -0.0813. The molecule has 3 N–H and O–H groups in total. The van der Waals surface area contributed by atoms with Crippen LogP contribution >= 0.6 is 0 Å². The summed E-state index contributed by atoms with van der Waals surface area (Å²) in [5.41, 5.74) is 8.99. The molecule has 0 aliphatic carbocycles. The molecule has 0 aliphatic heterocycles. The van der Waals surface area contributed by atoms with Gasteiger partial charge in [0.05, 0.1) is 6.42 Å². The zero-order valence-corrected chi connectivity index (χ0v) is 10.2. The Hall–Kier alpha value is -2.36. The molecule has 0 atom stereocenters. The van der Waals surface area contributed by atoms with Gasteiger partial charge in [0.2, 0.25) is 5.91 Å². The van der Waals surface area contributed by atoms with Crippen LogP contribution in [-0.4, -0.2) is 10.9 Å². The quantitative estimate of drug-likeness (QED) is 0.809. The molecule has 1 amide bonds. The van der Waals surface area contributed by atoms with Crippen molar-refractivity contribution in [2.24, 2.45) is 0 Å². The maximum atomic E-state index is 11.9. The van der Waals surface area contributed by atoms with E-state index in [0.717, 1.165) is 16.8 Å². The fourth-order valence-electron chi connectivity index (χ4n) is 1.68. The topological polar surface area (TPSA) is 68.0 Å². The Morgan fingerprint density at radius 1 is 1.33 bits per heavy atom. The molecule has 0 saturated heterocycles. The fourth-order valence-corrected chi connectivity index (χ4v) is 1.68. The number of hydrogen-bond donors (Lipinski definition) is 2. The maximum absolute atomic E-state index is 11.9. The van der Waals surface area contributed by atoms with Gasteiger partial charge in [-0.05, 0) is 30.2 Å². The van der Waals surface area contributed by atoms with Crippen LogP contribution in [0.1, 0.15) is 11.1 Å². The van der Waals surface area contributed by atoms with Gasteiger partial charge in [0.1, 0.15) is 0 Å². The van der Waals surface area contributed by atoms with Gasteiger partial charge < -0.3 is 11.1 Å². The second kappa shape index (κ2) is 5.31. The monoisotopic (exact) mass is 241 g/mol. The van der Waals surface area contributed by atoms with E-state index in [9.17, 15) is 4.79 Å². The highest BCUT2D eigenvalue weighted by atomic mass is 16.1. The van der Waals surface area contributed by atoms with E-state index in [2.05, 4.69) is 10.3 Å². The second-order valence-corrected chi connectivity index (χ2v) is 4.11. The van der Waals surface area contributed by atoms with Crippen LogP contribution in [0, 0.1) is 6.92 Å². The number of rotatable bonds is 3. The Kier molecular flexibility index (Phi) is 3.57. The summed E-state index contributed by atoms with van der Waals surface area (Å²) in [6, 6.07) is 9.15. The summed E-state index contributed by atoms with van der Waals surface area (Å²) in [6.45, 7) is 1.90. The van der Waals surface area contributed by atoms with Crippen LogP contribution in [0.3, 0.4) is 0 Å². The van der Waals surface area contributed by atoms with Gasteiger partial charge >= 0.3 is 0 Å². The first-order chi connectivity index (χ1) is 8.66. The lowest BCUT2D eigenvalue weighted by Crippen LogP contribution is -2.16. The van der Waals surface area contributed by atoms with Crippen molar-refractivity contribution in [2.75, 3.05) is 11.1 Å². The Morgan fingerprint density at radius 2 is 2.11 bits per heavy atom. The number of nitrogens with two attached hydrogens (primary N) is 1.